The van der Waals surface area contributed by atoms with Crippen LogP contribution in [-0.2, 0) is 5.75 Å². The normalized spacial score (nSPS) is 10.9. The van der Waals surface area contributed by atoms with E-state index < -0.39 is 5.97 Å². The third kappa shape index (κ3) is 3.75. The van der Waals surface area contributed by atoms with E-state index in [2.05, 4.69) is 19.9 Å². The summed E-state index contributed by atoms with van der Waals surface area (Å²) in [4.78, 5) is 28.3. The molecule has 0 radical (unpaired) electrons. The van der Waals surface area contributed by atoms with Gasteiger partial charge in [0.1, 0.15) is 22.2 Å². The van der Waals surface area contributed by atoms with Crippen molar-refractivity contribution in [1.82, 2.24) is 19.9 Å². The summed E-state index contributed by atoms with van der Waals surface area (Å²) >= 11 is 1.32. The molecule has 0 saturated heterocycles. The van der Waals surface area contributed by atoms with Crippen LogP contribution in [0.15, 0.2) is 23.5 Å². The molecule has 6 nitrogen and oxygen atoms in total. The van der Waals surface area contributed by atoms with Gasteiger partial charge in [0.15, 0.2) is 0 Å². The number of carboxylic acid groups (broad SMARTS) is 1. The van der Waals surface area contributed by atoms with Crippen molar-refractivity contribution in [3.63, 3.8) is 0 Å². The summed E-state index contributed by atoms with van der Waals surface area (Å²) in [5, 5.41) is 9.81. The topological polar surface area (TPSA) is 88.9 Å². The van der Waals surface area contributed by atoms with Crippen LogP contribution in [0.2, 0.25) is 0 Å². The Morgan fingerprint density at radius 2 is 1.95 bits per heavy atom. The lowest BCUT2D eigenvalue weighted by molar-refractivity contribution is 0.0690. The van der Waals surface area contributed by atoms with Crippen LogP contribution in [0.25, 0.3) is 0 Å². The number of hydrogen-bond donors (Lipinski definition) is 1. The van der Waals surface area contributed by atoms with Crippen LogP contribution in [0.4, 0.5) is 0 Å². The quantitative estimate of drug-likeness (QED) is 0.671. The highest BCUT2D eigenvalue weighted by Crippen LogP contribution is 2.26. The first kappa shape index (κ1) is 15.4. The maximum Gasteiger partial charge on any atom is 0.340 e. The zero-order valence-corrected chi connectivity index (χ0v) is 12.9. The fourth-order valence-electron chi connectivity index (χ4n) is 1.71. The Kier molecular flexibility index (Phi) is 4.85. The predicted octanol–water partition coefficient (Wildman–Crippen LogP) is 2.69. The number of aromatic nitrogens is 4. The Bertz CT molecular complexity index is 647. The van der Waals surface area contributed by atoms with Crippen LogP contribution < -0.4 is 0 Å². The van der Waals surface area contributed by atoms with Gasteiger partial charge in [0.2, 0.25) is 0 Å². The zero-order valence-electron chi connectivity index (χ0n) is 12.1. The summed E-state index contributed by atoms with van der Waals surface area (Å²) in [6, 6.07) is 1.74. The van der Waals surface area contributed by atoms with Gasteiger partial charge in [0, 0.05) is 18.3 Å². The van der Waals surface area contributed by atoms with Crippen LogP contribution in [0.1, 0.15) is 47.5 Å². The predicted molar refractivity (Wildman–Crippen MR) is 79.4 cm³/mol. The van der Waals surface area contributed by atoms with Gasteiger partial charge in [0.25, 0.3) is 0 Å². The smallest absolute Gasteiger partial charge is 0.340 e. The molecule has 2 heterocycles. The third-order valence-corrected chi connectivity index (χ3v) is 3.73. The molecule has 0 unspecified atom stereocenters. The molecule has 21 heavy (non-hydrogen) atoms. The summed E-state index contributed by atoms with van der Waals surface area (Å²) in [5.41, 5.74) is 0.637. The second-order valence-corrected chi connectivity index (χ2v) is 5.72. The maximum atomic E-state index is 11.4. The molecule has 0 aliphatic rings. The minimum atomic E-state index is -1.01. The van der Waals surface area contributed by atoms with Gasteiger partial charge in [0.05, 0.1) is 11.4 Å². The minimum absolute atomic E-state index is 0.138. The second-order valence-electron chi connectivity index (χ2n) is 4.76. The van der Waals surface area contributed by atoms with E-state index in [0.717, 1.165) is 0 Å². The van der Waals surface area contributed by atoms with Gasteiger partial charge in [-0.1, -0.05) is 25.6 Å². The lowest BCUT2D eigenvalue weighted by Gasteiger charge is -2.11. The van der Waals surface area contributed by atoms with Gasteiger partial charge in [-0.05, 0) is 13.0 Å². The standard InChI is InChI=1S/C14H16N4O2S/c1-8(2)12-17-9(3)11(14(19)20)13(18-12)21-7-10-15-5-4-6-16-10/h4-6,8H,7H2,1-3H3,(H,19,20). The summed E-state index contributed by atoms with van der Waals surface area (Å²) in [6.07, 6.45) is 3.32. The highest BCUT2D eigenvalue weighted by Gasteiger charge is 2.19. The van der Waals surface area contributed by atoms with E-state index in [1.807, 2.05) is 13.8 Å². The number of rotatable bonds is 5. The molecule has 0 aliphatic heterocycles. The average molecular weight is 304 g/mol. The Labute approximate surface area is 127 Å². The first-order valence-corrected chi connectivity index (χ1v) is 7.48. The molecule has 0 spiro atoms. The lowest BCUT2D eigenvalue weighted by atomic mass is 10.2. The Balaban J connectivity index is 2.33. The molecule has 110 valence electrons. The molecule has 2 aromatic heterocycles. The van der Waals surface area contributed by atoms with Crippen molar-refractivity contribution in [2.75, 3.05) is 0 Å². The largest absolute Gasteiger partial charge is 0.478 e. The van der Waals surface area contributed by atoms with Crippen LogP contribution in [0.5, 0.6) is 0 Å². The molecular formula is C14H16N4O2S. The van der Waals surface area contributed by atoms with Crippen LogP contribution in [0, 0.1) is 6.92 Å². The first-order chi connectivity index (χ1) is 9.99. The van der Waals surface area contributed by atoms with Gasteiger partial charge in [-0.3, -0.25) is 0 Å². The highest BCUT2D eigenvalue weighted by atomic mass is 32.2. The SMILES string of the molecule is Cc1nc(C(C)C)nc(SCc2ncccn2)c1C(=O)O. The van der Waals surface area contributed by atoms with Gasteiger partial charge < -0.3 is 5.11 Å². The van der Waals surface area contributed by atoms with Crippen molar-refractivity contribution < 1.29 is 9.90 Å². The highest BCUT2D eigenvalue weighted by molar-refractivity contribution is 7.98. The molecule has 2 rings (SSSR count). The molecule has 0 fully saturated rings. The van der Waals surface area contributed by atoms with Gasteiger partial charge in [-0.25, -0.2) is 24.7 Å². The Morgan fingerprint density at radius 3 is 2.52 bits per heavy atom. The van der Waals surface area contributed by atoms with E-state index in [9.17, 15) is 9.90 Å². The third-order valence-electron chi connectivity index (χ3n) is 2.76. The van der Waals surface area contributed by atoms with Gasteiger partial charge in [-0.15, -0.1) is 0 Å². The average Bonchev–Trinajstić information content (AvgIpc) is 2.45. The van der Waals surface area contributed by atoms with E-state index in [4.69, 9.17) is 0 Å². The van der Waals surface area contributed by atoms with Crippen molar-refractivity contribution in [2.45, 2.75) is 37.5 Å². The number of aromatic carboxylic acids is 1. The summed E-state index contributed by atoms with van der Waals surface area (Å²) in [7, 11) is 0. The monoisotopic (exact) mass is 304 g/mol. The Hall–Kier alpha value is -2.02. The van der Waals surface area contributed by atoms with Crippen molar-refractivity contribution in [3.8, 4) is 0 Å². The van der Waals surface area contributed by atoms with Crippen molar-refractivity contribution in [3.05, 3.63) is 41.4 Å². The molecule has 0 atom stereocenters. The number of hydrogen-bond acceptors (Lipinski definition) is 6. The lowest BCUT2D eigenvalue weighted by Crippen LogP contribution is -2.10. The first-order valence-electron chi connectivity index (χ1n) is 6.49. The summed E-state index contributed by atoms with van der Waals surface area (Å²) < 4.78 is 0. The minimum Gasteiger partial charge on any atom is -0.478 e. The summed E-state index contributed by atoms with van der Waals surface area (Å²) in [6.45, 7) is 5.65. The number of carboxylic acids is 1. The van der Waals surface area contributed by atoms with Crippen LogP contribution in [0.3, 0.4) is 0 Å². The molecule has 0 bridgehead atoms. The summed E-state index contributed by atoms with van der Waals surface area (Å²) in [5.74, 6) is 0.878. The fourth-order valence-corrected chi connectivity index (χ4v) is 2.67. The van der Waals surface area contributed by atoms with Crippen molar-refractivity contribution >= 4 is 17.7 Å². The zero-order chi connectivity index (χ0) is 15.4. The molecule has 7 heteroatoms. The van der Waals surface area contributed by atoms with E-state index in [-0.39, 0.29) is 11.5 Å². The van der Waals surface area contributed by atoms with Gasteiger partial charge >= 0.3 is 5.97 Å². The van der Waals surface area contributed by atoms with Crippen LogP contribution in [-0.4, -0.2) is 31.0 Å². The van der Waals surface area contributed by atoms with E-state index in [1.165, 1.54) is 11.8 Å². The van der Waals surface area contributed by atoms with E-state index in [1.54, 1.807) is 25.4 Å². The second kappa shape index (κ2) is 6.62. The molecular weight excluding hydrogens is 288 g/mol. The molecule has 0 amide bonds. The fraction of sp³-hybridized carbons (Fsp3) is 0.357. The number of thioether (sulfide) groups is 1. The number of carbonyl (C=O) groups is 1. The Morgan fingerprint density at radius 1 is 1.29 bits per heavy atom. The molecule has 0 aromatic carbocycles. The van der Waals surface area contributed by atoms with Gasteiger partial charge in [-0.2, -0.15) is 0 Å². The molecule has 2 aromatic rings. The van der Waals surface area contributed by atoms with Crippen molar-refractivity contribution in [2.24, 2.45) is 0 Å². The van der Waals surface area contributed by atoms with Crippen LogP contribution >= 0.6 is 11.8 Å². The molecule has 0 aliphatic carbocycles. The number of nitrogens with zero attached hydrogens (tertiary/aromatic N) is 4. The van der Waals surface area contributed by atoms with E-state index in [0.29, 0.717) is 28.1 Å². The number of aryl methyl sites for hydroxylation is 1. The van der Waals surface area contributed by atoms with E-state index >= 15 is 0 Å². The maximum absolute atomic E-state index is 11.4. The van der Waals surface area contributed by atoms with Crippen molar-refractivity contribution in [1.29, 1.82) is 0 Å². The molecule has 0 saturated carbocycles. The molecule has 1 N–H and O–H groups in total.